The lowest BCUT2D eigenvalue weighted by molar-refractivity contribution is -0.106. The largest absolute Gasteiger partial charge is 0.508 e. The Morgan fingerprint density at radius 1 is 1.16 bits per heavy atom. The van der Waals surface area contributed by atoms with Gasteiger partial charge in [-0.15, -0.1) is 0 Å². The number of hydrogen-bond donors (Lipinski definition) is 4. The summed E-state index contributed by atoms with van der Waals surface area (Å²) >= 11 is 0. The lowest BCUT2D eigenvalue weighted by atomic mass is 9.98. The summed E-state index contributed by atoms with van der Waals surface area (Å²) in [6, 6.07) is 13.9. The van der Waals surface area contributed by atoms with Crippen LogP contribution in [0.2, 0.25) is 0 Å². The lowest BCUT2D eigenvalue weighted by Crippen LogP contribution is -2.33. The number of primary amides is 1. The van der Waals surface area contributed by atoms with Crippen molar-refractivity contribution in [1.82, 2.24) is 15.1 Å². The molecule has 2 aromatic rings. The Kier molecular flexibility index (Phi) is 15.3. The Hall–Kier alpha value is -3.44. The molecule has 10 heteroatoms. The number of carbonyl (C=O) groups excluding carboxylic acids is 2. The standard InChI is InChI=1S/C19H29N3O.C15H21NO3.CH3NO/c1-20-12-16(14-22-9-2-3-10-22)13-21-19-6-4-17(5-7-19)18-8-11-23-15-18;1-10(4-5-11(2)19-3)16-9-12-8-13(17)6-7-14(12)15(16)18;2-1-3/h4-7,13,18,20-21H,2-3,8-12,14-15H2,1H3;6-8,10-11,17H,4-5,9H2,1-3H3;1H,(H2,2,3)/b16-13+;;. The molecular formula is C35H53N5O5. The highest BCUT2D eigenvalue weighted by Crippen LogP contribution is 2.29. The van der Waals surface area contributed by atoms with Crippen LogP contribution < -0.4 is 16.4 Å². The maximum atomic E-state index is 12.3. The van der Waals surface area contributed by atoms with Crippen LogP contribution in [0.3, 0.4) is 0 Å². The van der Waals surface area contributed by atoms with Crippen LogP contribution in [0.15, 0.2) is 54.2 Å². The lowest BCUT2D eigenvalue weighted by Gasteiger charge is -2.25. The minimum atomic E-state index is 0.0626. The maximum absolute atomic E-state index is 12.3. The fourth-order valence-corrected chi connectivity index (χ4v) is 5.88. The highest BCUT2D eigenvalue weighted by molar-refractivity contribution is 5.98. The van der Waals surface area contributed by atoms with Crippen LogP contribution in [0.1, 0.15) is 73.4 Å². The topological polar surface area (TPSA) is 129 Å². The number of likely N-dealkylation sites (N-methyl/N-ethyl adjacent to an activating group) is 1. The number of anilines is 1. The molecule has 3 aliphatic heterocycles. The Balaban J connectivity index is 0.000000230. The van der Waals surface area contributed by atoms with Gasteiger partial charge in [-0.2, -0.15) is 0 Å². The highest BCUT2D eigenvalue weighted by Gasteiger charge is 2.30. The number of benzene rings is 2. The monoisotopic (exact) mass is 623 g/mol. The molecule has 3 atom stereocenters. The van der Waals surface area contributed by atoms with Crippen LogP contribution in [-0.4, -0.2) is 92.9 Å². The van der Waals surface area contributed by atoms with Gasteiger partial charge in [0.05, 0.1) is 12.7 Å². The van der Waals surface area contributed by atoms with Crippen LogP contribution in [-0.2, 0) is 20.8 Å². The number of phenols is 1. The van der Waals surface area contributed by atoms with Crippen LogP contribution in [0, 0.1) is 0 Å². The van der Waals surface area contributed by atoms with Crippen molar-refractivity contribution in [3.05, 3.63) is 70.9 Å². The second kappa shape index (κ2) is 19.2. The van der Waals surface area contributed by atoms with Gasteiger partial charge in [0.1, 0.15) is 5.75 Å². The number of nitrogens with two attached hydrogens (primary N) is 1. The summed E-state index contributed by atoms with van der Waals surface area (Å²) in [6.07, 6.45) is 8.31. The summed E-state index contributed by atoms with van der Waals surface area (Å²) < 4.78 is 10.7. The molecule has 248 valence electrons. The number of hydrogen-bond acceptors (Lipinski definition) is 8. The van der Waals surface area contributed by atoms with Crippen molar-refractivity contribution in [2.75, 3.05) is 58.9 Å². The summed E-state index contributed by atoms with van der Waals surface area (Å²) in [4.78, 5) is 25.3. The van der Waals surface area contributed by atoms with Gasteiger partial charge in [0.2, 0.25) is 6.41 Å². The van der Waals surface area contributed by atoms with Crippen molar-refractivity contribution >= 4 is 18.0 Å². The zero-order valence-corrected chi connectivity index (χ0v) is 27.5. The number of ether oxygens (including phenoxy) is 2. The first kappa shape index (κ1) is 36.0. The predicted octanol–water partition coefficient (Wildman–Crippen LogP) is 4.45. The van der Waals surface area contributed by atoms with Crippen molar-refractivity contribution in [3.63, 3.8) is 0 Å². The molecule has 0 saturated carbocycles. The van der Waals surface area contributed by atoms with E-state index < -0.39 is 0 Å². The van der Waals surface area contributed by atoms with Gasteiger partial charge in [-0.25, -0.2) is 0 Å². The summed E-state index contributed by atoms with van der Waals surface area (Å²) in [7, 11) is 3.71. The number of fused-ring (bicyclic) bond motifs is 1. The van der Waals surface area contributed by atoms with E-state index in [9.17, 15) is 9.90 Å². The van der Waals surface area contributed by atoms with Crippen molar-refractivity contribution < 1.29 is 24.2 Å². The van der Waals surface area contributed by atoms with Crippen LogP contribution in [0.4, 0.5) is 5.69 Å². The van der Waals surface area contributed by atoms with Crippen molar-refractivity contribution in [2.24, 2.45) is 5.73 Å². The van der Waals surface area contributed by atoms with Crippen molar-refractivity contribution in [2.45, 2.75) is 70.6 Å². The average molecular weight is 624 g/mol. The molecule has 3 heterocycles. The fraction of sp³-hybridized carbons (Fsp3) is 0.543. The van der Waals surface area contributed by atoms with Gasteiger partial charge in [-0.05, 0) is 113 Å². The Labute approximate surface area is 268 Å². The first-order valence-corrected chi connectivity index (χ1v) is 16.1. The van der Waals surface area contributed by atoms with Crippen LogP contribution >= 0.6 is 0 Å². The molecule has 0 spiro atoms. The van der Waals surface area contributed by atoms with Gasteiger partial charge in [0.25, 0.3) is 5.91 Å². The molecule has 2 fully saturated rings. The normalized spacial score (nSPS) is 19.2. The molecule has 5 N–H and O–H groups in total. The number of aromatic hydroxyl groups is 1. The Morgan fingerprint density at radius 2 is 1.87 bits per heavy atom. The molecule has 45 heavy (non-hydrogen) atoms. The van der Waals surface area contributed by atoms with E-state index >= 15 is 0 Å². The SMILES string of the molecule is CNC/C(=C\Nc1ccc(C2CCOC2)cc1)CN1CCCC1.COC(C)CCC(C)N1Cc2cc(O)ccc2C1=O.NC=O. The molecular weight excluding hydrogens is 570 g/mol. The number of nitrogens with one attached hydrogen (secondary N) is 2. The van der Waals surface area contributed by atoms with Gasteiger partial charge in [-0.1, -0.05) is 12.1 Å². The number of phenolic OH excluding ortho intramolecular Hbond substituents is 1. The first-order chi connectivity index (χ1) is 21.8. The van der Waals surface area contributed by atoms with Gasteiger partial charge in [0, 0.05) is 62.8 Å². The van der Waals surface area contributed by atoms with E-state index in [1.165, 1.54) is 37.1 Å². The number of nitrogens with zero attached hydrogens (tertiary/aromatic N) is 2. The number of carbonyl (C=O) groups is 2. The van der Waals surface area contributed by atoms with Gasteiger partial charge in [-0.3, -0.25) is 14.5 Å². The minimum absolute atomic E-state index is 0.0626. The molecule has 2 saturated heterocycles. The van der Waals surface area contributed by atoms with Crippen molar-refractivity contribution in [3.8, 4) is 5.75 Å². The summed E-state index contributed by atoms with van der Waals surface area (Å²) in [5, 5.41) is 16.2. The summed E-state index contributed by atoms with van der Waals surface area (Å²) in [5.74, 6) is 0.858. The van der Waals surface area contributed by atoms with E-state index in [-0.39, 0.29) is 30.2 Å². The third-order valence-corrected chi connectivity index (χ3v) is 8.63. The summed E-state index contributed by atoms with van der Waals surface area (Å²) in [6.45, 7) is 10.9. The zero-order chi connectivity index (χ0) is 32.6. The second-order valence-electron chi connectivity index (χ2n) is 12.0. The number of likely N-dealkylation sites (tertiary alicyclic amines) is 1. The van der Waals surface area contributed by atoms with E-state index in [4.69, 9.17) is 14.3 Å². The van der Waals surface area contributed by atoms with Gasteiger partial charge < -0.3 is 35.8 Å². The van der Waals surface area contributed by atoms with E-state index in [1.807, 2.05) is 18.9 Å². The molecule has 0 aliphatic carbocycles. The molecule has 2 amide bonds. The average Bonchev–Trinajstić information content (AvgIpc) is 3.82. The number of methoxy groups -OCH3 is 1. The van der Waals surface area contributed by atoms with E-state index in [2.05, 4.69) is 58.7 Å². The van der Waals surface area contributed by atoms with Gasteiger partial charge >= 0.3 is 0 Å². The molecule has 0 bridgehead atoms. The molecule has 3 aliphatic rings. The van der Waals surface area contributed by atoms with Crippen molar-refractivity contribution in [1.29, 1.82) is 0 Å². The molecule has 5 rings (SSSR count). The van der Waals surface area contributed by atoms with Crippen LogP contribution in [0.5, 0.6) is 5.75 Å². The quantitative estimate of drug-likeness (QED) is 0.255. The smallest absolute Gasteiger partial charge is 0.254 e. The zero-order valence-electron chi connectivity index (χ0n) is 27.5. The van der Waals surface area contributed by atoms with E-state index in [0.717, 1.165) is 56.8 Å². The Morgan fingerprint density at radius 3 is 2.49 bits per heavy atom. The summed E-state index contributed by atoms with van der Waals surface area (Å²) in [5.41, 5.74) is 9.75. The molecule has 0 radical (unpaired) electrons. The Bertz CT molecular complexity index is 1210. The highest BCUT2D eigenvalue weighted by atomic mass is 16.5. The van der Waals surface area contributed by atoms with E-state index in [1.54, 1.807) is 25.3 Å². The molecule has 10 nitrogen and oxygen atoms in total. The third-order valence-electron chi connectivity index (χ3n) is 8.63. The fourth-order valence-electron chi connectivity index (χ4n) is 5.88. The molecule has 2 aromatic carbocycles. The molecule has 3 unspecified atom stereocenters. The first-order valence-electron chi connectivity index (χ1n) is 16.1. The van der Waals surface area contributed by atoms with E-state index in [0.29, 0.717) is 18.0 Å². The minimum Gasteiger partial charge on any atom is -0.508 e. The van der Waals surface area contributed by atoms with Gasteiger partial charge in [0.15, 0.2) is 0 Å². The number of rotatable bonds is 12. The predicted molar refractivity (Wildman–Crippen MR) is 179 cm³/mol. The molecule has 0 aromatic heterocycles. The second-order valence-corrected chi connectivity index (χ2v) is 12.0. The maximum Gasteiger partial charge on any atom is 0.254 e. The number of amides is 2. The third kappa shape index (κ3) is 11.5. The van der Waals surface area contributed by atoms with Crippen LogP contribution in [0.25, 0.3) is 0 Å².